The Labute approximate surface area is 111 Å². The lowest BCUT2D eigenvalue weighted by molar-refractivity contribution is 0.184. The molecule has 100 valence electrons. The van der Waals surface area contributed by atoms with E-state index < -0.39 is 0 Å². The fourth-order valence-corrected chi connectivity index (χ4v) is 2.15. The third-order valence-corrected chi connectivity index (χ3v) is 3.19. The monoisotopic (exact) mass is 271 g/mol. The Hall–Kier alpha value is -1.07. The van der Waals surface area contributed by atoms with Crippen LogP contribution in [0.2, 0.25) is 0 Å². The van der Waals surface area contributed by atoms with E-state index in [1.54, 1.807) is 24.1 Å². The summed E-state index contributed by atoms with van der Waals surface area (Å²) in [4.78, 5) is 16.3. The largest absolute Gasteiger partial charge is 0.383 e. The fourth-order valence-electron chi connectivity index (χ4n) is 1.89. The van der Waals surface area contributed by atoms with Crippen LogP contribution in [0.4, 0.5) is 5.82 Å². The van der Waals surface area contributed by atoms with Gasteiger partial charge in [0.1, 0.15) is 0 Å². The first-order chi connectivity index (χ1) is 8.76. The maximum atomic E-state index is 12.2. The molecule has 1 N–H and O–H groups in total. The van der Waals surface area contributed by atoms with Crippen molar-refractivity contribution < 1.29 is 4.74 Å². The molecule has 0 amide bonds. The quantitative estimate of drug-likeness (QED) is 0.766. The van der Waals surface area contributed by atoms with Gasteiger partial charge in [0.15, 0.2) is 5.82 Å². The van der Waals surface area contributed by atoms with Gasteiger partial charge in [0.05, 0.1) is 12.6 Å². The van der Waals surface area contributed by atoms with Crippen molar-refractivity contribution in [3.63, 3.8) is 0 Å². The van der Waals surface area contributed by atoms with Crippen LogP contribution in [0.5, 0.6) is 0 Å². The molecule has 1 unspecified atom stereocenters. The fraction of sp³-hybridized carbons (Fsp3) is 0.667. The first-order valence-corrected chi connectivity index (χ1v) is 6.68. The highest BCUT2D eigenvalue weighted by molar-refractivity contribution is 6.17. The van der Waals surface area contributed by atoms with Gasteiger partial charge in [-0.3, -0.25) is 4.79 Å². The number of nitrogens with zero attached hydrogens (tertiary/aromatic N) is 2. The molecule has 1 heterocycles. The molecule has 1 aliphatic carbocycles. The highest BCUT2D eigenvalue weighted by atomic mass is 35.5. The molecule has 0 saturated heterocycles. The number of hydrogen-bond donors (Lipinski definition) is 1. The second-order valence-electron chi connectivity index (χ2n) is 4.49. The number of anilines is 1. The summed E-state index contributed by atoms with van der Waals surface area (Å²) in [6.45, 7) is 0.506. The molecule has 18 heavy (non-hydrogen) atoms. The van der Waals surface area contributed by atoms with Gasteiger partial charge in [-0.1, -0.05) is 0 Å². The molecule has 1 aliphatic rings. The second kappa shape index (κ2) is 6.20. The highest BCUT2D eigenvalue weighted by Gasteiger charge is 2.25. The number of rotatable bonds is 7. The molecule has 1 aromatic heterocycles. The third kappa shape index (κ3) is 3.23. The van der Waals surface area contributed by atoms with Crippen LogP contribution in [-0.2, 0) is 4.74 Å². The smallest absolute Gasteiger partial charge is 0.293 e. The van der Waals surface area contributed by atoms with Crippen LogP contribution in [0, 0.1) is 0 Å². The summed E-state index contributed by atoms with van der Waals surface area (Å²) in [6.07, 6.45) is 6.29. The van der Waals surface area contributed by atoms with E-state index in [1.807, 2.05) is 0 Å². The second-order valence-corrected chi connectivity index (χ2v) is 4.87. The Morgan fingerprint density at radius 2 is 2.44 bits per heavy atom. The van der Waals surface area contributed by atoms with E-state index in [9.17, 15) is 4.79 Å². The molecular weight excluding hydrogens is 254 g/mol. The molecule has 0 radical (unpaired) electrons. The van der Waals surface area contributed by atoms with Gasteiger partial charge < -0.3 is 14.6 Å². The summed E-state index contributed by atoms with van der Waals surface area (Å²) in [7, 11) is 1.63. The molecule has 5 nitrogen and oxygen atoms in total. The average molecular weight is 272 g/mol. The number of hydrogen-bond acceptors (Lipinski definition) is 4. The molecule has 1 saturated carbocycles. The number of nitrogens with one attached hydrogen (secondary N) is 1. The zero-order chi connectivity index (χ0) is 13.0. The Morgan fingerprint density at radius 3 is 3.06 bits per heavy atom. The van der Waals surface area contributed by atoms with Gasteiger partial charge in [-0.05, 0) is 19.3 Å². The van der Waals surface area contributed by atoms with Crippen LogP contribution in [0.1, 0.15) is 25.3 Å². The van der Waals surface area contributed by atoms with Crippen LogP contribution < -0.4 is 10.9 Å². The van der Waals surface area contributed by atoms with Gasteiger partial charge in [0.25, 0.3) is 5.56 Å². The Balaban J connectivity index is 2.12. The molecular formula is C12H18ClN3O2. The summed E-state index contributed by atoms with van der Waals surface area (Å²) < 4.78 is 6.85. The van der Waals surface area contributed by atoms with E-state index in [0.29, 0.717) is 24.3 Å². The summed E-state index contributed by atoms with van der Waals surface area (Å²) in [5.74, 6) is 0.904. The van der Waals surface area contributed by atoms with E-state index in [-0.39, 0.29) is 11.6 Å². The Morgan fingerprint density at radius 1 is 1.67 bits per heavy atom. The van der Waals surface area contributed by atoms with E-state index in [4.69, 9.17) is 16.3 Å². The van der Waals surface area contributed by atoms with Crippen molar-refractivity contribution >= 4 is 17.4 Å². The summed E-state index contributed by atoms with van der Waals surface area (Å²) in [5, 5.41) is 3.12. The van der Waals surface area contributed by atoms with Crippen molar-refractivity contribution in [2.24, 2.45) is 0 Å². The van der Waals surface area contributed by atoms with Crippen molar-refractivity contribution in [2.45, 2.75) is 31.3 Å². The van der Waals surface area contributed by atoms with E-state index in [0.717, 1.165) is 19.3 Å². The van der Waals surface area contributed by atoms with Gasteiger partial charge in [-0.2, -0.15) is 0 Å². The standard InChI is InChI=1S/C12H18ClN3O2/c1-18-8-9(4-5-13)15-11-12(17)16(7-6-14-11)10-2-3-10/h6-7,9-10H,2-5,8H2,1H3,(H,14,15). The van der Waals surface area contributed by atoms with E-state index in [1.165, 1.54) is 0 Å². The lowest BCUT2D eigenvalue weighted by Crippen LogP contribution is -2.31. The first-order valence-electron chi connectivity index (χ1n) is 6.15. The maximum Gasteiger partial charge on any atom is 0.293 e. The SMILES string of the molecule is COCC(CCCl)Nc1nccn(C2CC2)c1=O. The van der Waals surface area contributed by atoms with E-state index >= 15 is 0 Å². The summed E-state index contributed by atoms with van der Waals surface area (Å²) in [6, 6.07) is 0.373. The van der Waals surface area contributed by atoms with E-state index in [2.05, 4.69) is 10.3 Å². The maximum absolute atomic E-state index is 12.2. The topological polar surface area (TPSA) is 56.1 Å². The molecule has 1 atom stereocenters. The van der Waals surface area contributed by atoms with Gasteiger partial charge in [0.2, 0.25) is 0 Å². The first kappa shape index (κ1) is 13.4. The zero-order valence-electron chi connectivity index (χ0n) is 10.4. The van der Waals surface area contributed by atoms with Gasteiger partial charge in [-0.25, -0.2) is 4.98 Å². The van der Waals surface area contributed by atoms with Crippen molar-refractivity contribution in [2.75, 3.05) is 24.9 Å². The molecule has 0 aliphatic heterocycles. The Kier molecular flexibility index (Phi) is 4.60. The molecule has 1 aromatic rings. The van der Waals surface area contributed by atoms with Gasteiger partial charge in [-0.15, -0.1) is 11.6 Å². The summed E-state index contributed by atoms with van der Waals surface area (Å²) >= 11 is 5.73. The van der Waals surface area contributed by atoms with Crippen LogP contribution in [0.3, 0.4) is 0 Å². The van der Waals surface area contributed by atoms with Crippen molar-refractivity contribution in [3.8, 4) is 0 Å². The predicted molar refractivity (Wildman–Crippen MR) is 71.4 cm³/mol. The zero-order valence-corrected chi connectivity index (χ0v) is 11.2. The van der Waals surface area contributed by atoms with Crippen LogP contribution in [-0.4, -0.2) is 35.2 Å². The molecule has 0 spiro atoms. The molecule has 0 bridgehead atoms. The predicted octanol–water partition coefficient (Wildman–Crippen LogP) is 1.63. The number of ether oxygens (including phenoxy) is 1. The normalized spacial score (nSPS) is 16.6. The average Bonchev–Trinajstić information content (AvgIpc) is 3.16. The van der Waals surface area contributed by atoms with Crippen LogP contribution in [0.15, 0.2) is 17.2 Å². The van der Waals surface area contributed by atoms with Crippen molar-refractivity contribution in [3.05, 3.63) is 22.7 Å². The summed E-state index contributed by atoms with van der Waals surface area (Å²) in [5.41, 5.74) is -0.0596. The number of alkyl halides is 1. The lowest BCUT2D eigenvalue weighted by atomic mass is 10.2. The van der Waals surface area contributed by atoms with Gasteiger partial charge in [0, 0.05) is 31.4 Å². The number of halogens is 1. The highest BCUT2D eigenvalue weighted by Crippen LogP contribution is 2.33. The minimum Gasteiger partial charge on any atom is -0.383 e. The Bertz CT molecular complexity index is 439. The number of aromatic nitrogens is 2. The van der Waals surface area contributed by atoms with Crippen molar-refractivity contribution in [1.82, 2.24) is 9.55 Å². The third-order valence-electron chi connectivity index (χ3n) is 2.97. The lowest BCUT2D eigenvalue weighted by Gasteiger charge is -2.17. The van der Waals surface area contributed by atoms with Crippen LogP contribution in [0.25, 0.3) is 0 Å². The van der Waals surface area contributed by atoms with Crippen LogP contribution >= 0.6 is 11.6 Å². The molecule has 6 heteroatoms. The van der Waals surface area contributed by atoms with Gasteiger partial charge >= 0.3 is 0 Å². The molecule has 2 rings (SSSR count). The van der Waals surface area contributed by atoms with Crippen molar-refractivity contribution in [1.29, 1.82) is 0 Å². The number of methoxy groups -OCH3 is 1. The minimum absolute atomic E-state index is 0.0164. The molecule has 1 fully saturated rings. The minimum atomic E-state index is -0.0596. The molecule has 0 aromatic carbocycles.